The molecule has 1 aliphatic carbocycles. The van der Waals surface area contributed by atoms with E-state index in [2.05, 4.69) is 31.0 Å². The van der Waals surface area contributed by atoms with E-state index in [0.29, 0.717) is 25.9 Å². The van der Waals surface area contributed by atoms with Gasteiger partial charge < -0.3 is 15.3 Å². The SMILES string of the molecule is CC(C)(C)N1CCN(C(=O)NCC2(C(=O)O)CCC2)CC1. The van der Waals surface area contributed by atoms with Gasteiger partial charge in [-0.15, -0.1) is 0 Å². The van der Waals surface area contributed by atoms with Crippen molar-refractivity contribution in [2.45, 2.75) is 45.6 Å². The number of carbonyl (C=O) groups is 2. The van der Waals surface area contributed by atoms with Gasteiger partial charge in [-0.1, -0.05) is 6.42 Å². The van der Waals surface area contributed by atoms with E-state index in [9.17, 15) is 14.7 Å². The molecule has 0 aromatic rings. The molecule has 120 valence electrons. The zero-order chi connectivity index (χ0) is 15.7. The number of nitrogens with one attached hydrogen (secondary N) is 1. The summed E-state index contributed by atoms with van der Waals surface area (Å²) in [6.45, 7) is 9.90. The molecule has 0 unspecified atom stereocenters. The number of carbonyl (C=O) groups excluding carboxylic acids is 1. The first-order valence-corrected chi connectivity index (χ1v) is 7.76. The van der Waals surface area contributed by atoms with Gasteiger partial charge in [0.1, 0.15) is 0 Å². The van der Waals surface area contributed by atoms with Crippen LogP contribution in [0, 0.1) is 5.41 Å². The van der Waals surface area contributed by atoms with Crippen LogP contribution >= 0.6 is 0 Å². The third kappa shape index (κ3) is 3.48. The average molecular weight is 297 g/mol. The summed E-state index contributed by atoms with van der Waals surface area (Å²) in [5.41, 5.74) is -0.593. The van der Waals surface area contributed by atoms with Crippen molar-refractivity contribution in [2.75, 3.05) is 32.7 Å². The van der Waals surface area contributed by atoms with E-state index < -0.39 is 11.4 Å². The molecular formula is C15H27N3O3. The van der Waals surface area contributed by atoms with Crippen LogP contribution < -0.4 is 5.32 Å². The first kappa shape index (κ1) is 16.1. The van der Waals surface area contributed by atoms with Crippen LogP contribution in [0.2, 0.25) is 0 Å². The topological polar surface area (TPSA) is 72.9 Å². The molecule has 0 atom stereocenters. The molecule has 0 aromatic heterocycles. The van der Waals surface area contributed by atoms with Gasteiger partial charge in [0, 0.05) is 38.3 Å². The second kappa shape index (κ2) is 5.83. The minimum absolute atomic E-state index is 0.127. The summed E-state index contributed by atoms with van der Waals surface area (Å²) < 4.78 is 0. The van der Waals surface area contributed by atoms with E-state index in [1.54, 1.807) is 4.90 Å². The van der Waals surface area contributed by atoms with Gasteiger partial charge in [-0.2, -0.15) is 0 Å². The summed E-state index contributed by atoms with van der Waals surface area (Å²) in [5.74, 6) is -0.786. The Morgan fingerprint density at radius 1 is 1.14 bits per heavy atom. The first-order chi connectivity index (χ1) is 9.74. The third-order valence-corrected chi connectivity index (χ3v) is 4.86. The van der Waals surface area contributed by atoms with Crippen molar-refractivity contribution in [1.29, 1.82) is 0 Å². The molecule has 2 N–H and O–H groups in total. The van der Waals surface area contributed by atoms with E-state index in [1.165, 1.54) is 0 Å². The standard InChI is InChI=1S/C15H27N3O3/c1-14(2,3)18-9-7-17(8-10-18)13(21)16-11-15(12(19)20)5-4-6-15/h4-11H2,1-3H3,(H,16,21)(H,19,20). The van der Waals surface area contributed by atoms with E-state index in [-0.39, 0.29) is 18.1 Å². The zero-order valence-electron chi connectivity index (χ0n) is 13.3. The monoisotopic (exact) mass is 297 g/mol. The van der Waals surface area contributed by atoms with Crippen molar-refractivity contribution < 1.29 is 14.7 Å². The molecule has 0 spiro atoms. The highest BCUT2D eigenvalue weighted by atomic mass is 16.4. The maximum absolute atomic E-state index is 12.2. The van der Waals surface area contributed by atoms with Crippen LogP contribution in [0.4, 0.5) is 4.79 Å². The van der Waals surface area contributed by atoms with Crippen LogP contribution in [-0.4, -0.2) is 65.2 Å². The minimum Gasteiger partial charge on any atom is -0.481 e. The molecule has 0 bridgehead atoms. The summed E-state index contributed by atoms with van der Waals surface area (Å²) in [6.07, 6.45) is 2.27. The fourth-order valence-corrected chi connectivity index (χ4v) is 3.01. The van der Waals surface area contributed by atoms with E-state index in [4.69, 9.17) is 0 Å². The fraction of sp³-hybridized carbons (Fsp3) is 0.867. The Hall–Kier alpha value is -1.30. The summed E-state index contributed by atoms with van der Waals surface area (Å²) in [5, 5.41) is 12.1. The Labute approximate surface area is 126 Å². The maximum atomic E-state index is 12.2. The second-order valence-electron chi connectivity index (χ2n) is 7.24. The van der Waals surface area contributed by atoms with E-state index in [1.807, 2.05) is 0 Å². The molecule has 2 fully saturated rings. The van der Waals surface area contributed by atoms with Crippen LogP contribution in [0.5, 0.6) is 0 Å². The smallest absolute Gasteiger partial charge is 0.317 e. The van der Waals surface area contributed by atoms with E-state index in [0.717, 1.165) is 19.5 Å². The lowest BCUT2D eigenvalue weighted by Crippen LogP contribution is -2.57. The number of piperazine rings is 1. The molecule has 2 aliphatic rings. The Kier molecular flexibility index (Phi) is 4.46. The van der Waals surface area contributed by atoms with Crippen LogP contribution in [0.1, 0.15) is 40.0 Å². The van der Waals surface area contributed by atoms with Crippen molar-refractivity contribution in [3.63, 3.8) is 0 Å². The molecule has 2 rings (SSSR count). The van der Waals surface area contributed by atoms with Gasteiger partial charge in [-0.3, -0.25) is 9.69 Å². The molecule has 1 aliphatic heterocycles. The molecule has 6 nitrogen and oxygen atoms in total. The van der Waals surface area contributed by atoms with Crippen molar-refractivity contribution in [3.8, 4) is 0 Å². The summed E-state index contributed by atoms with van der Waals surface area (Å²) in [6, 6.07) is -0.129. The molecule has 2 amide bonds. The Bertz CT molecular complexity index is 405. The number of carboxylic acids is 1. The molecule has 1 heterocycles. The number of aliphatic carboxylic acids is 1. The lowest BCUT2D eigenvalue weighted by molar-refractivity contribution is -0.153. The van der Waals surface area contributed by atoms with Gasteiger partial charge in [0.25, 0.3) is 0 Å². The number of hydrogen-bond acceptors (Lipinski definition) is 3. The Morgan fingerprint density at radius 3 is 2.10 bits per heavy atom. The van der Waals surface area contributed by atoms with Gasteiger partial charge in [0.15, 0.2) is 0 Å². The van der Waals surface area contributed by atoms with Gasteiger partial charge in [-0.25, -0.2) is 4.79 Å². The van der Waals surface area contributed by atoms with Crippen LogP contribution in [-0.2, 0) is 4.79 Å². The average Bonchev–Trinajstić information content (AvgIpc) is 2.36. The molecule has 6 heteroatoms. The van der Waals surface area contributed by atoms with Crippen molar-refractivity contribution in [1.82, 2.24) is 15.1 Å². The van der Waals surface area contributed by atoms with Gasteiger partial charge in [0.05, 0.1) is 5.41 Å². The molecule has 0 radical (unpaired) electrons. The van der Waals surface area contributed by atoms with E-state index >= 15 is 0 Å². The van der Waals surface area contributed by atoms with Crippen LogP contribution in [0.25, 0.3) is 0 Å². The fourth-order valence-electron chi connectivity index (χ4n) is 3.01. The Balaban J connectivity index is 1.79. The van der Waals surface area contributed by atoms with Crippen molar-refractivity contribution >= 4 is 12.0 Å². The summed E-state index contributed by atoms with van der Waals surface area (Å²) >= 11 is 0. The highest BCUT2D eigenvalue weighted by Crippen LogP contribution is 2.40. The third-order valence-electron chi connectivity index (χ3n) is 4.86. The minimum atomic E-state index is -0.786. The zero-order valence-corrected chi connectivity index (χ0v) is 13.3. The number of nitrogens with zero attached hydrogens (tertiary/aromatic N) is 2. The summed E-state index contributed by atoms with van der Waals surface area (Å²) in [7, 11) is 0. The number of hydrogen-bond donors (Lipinski definition) is 2. The maximum Gasteiger partial charge on any atom is 0.317 e. The number of amides is 2. The predicted molar refractivity (Wildman–Crippen MR) is 80.2 cm³/mol. The van der Waals surface area contributed by atoms with Crippen LogP contribution in [0.3, 0.4) is 0 Å². The second-order valence-corrected chi connectivity index (χ2v) is 7.24. The van der Waals surface area contributed by atoms with Gasteiger partial charge in [-0.05, 0) is 33.6 Å². The largest absolute Gasteiger partial charge is 0.481 e. The lowest BCUT2D eigenvalue weighted by Gasteiger charge is -2.43. The predicted octanol–water partition coefficient (Wildman–Crippen LogP) is 1.37. The number of rotatable bonds is 3. The number of urea groups is 1. The Morgan fingerprint density at radius 2 is 1.71 bits per heavy atom. The first-order valence-electron chi connectivity index (χ1n) is 7.76. The molecule has 1 saturated carbocycles. The summed E-state index contributed by atoms with van der Waals surface area (Å²) in [4.78, 5) is 27.6. The molecule has 1 saturated heterocycles. The van der Waals surface area contributed by atoms with Crippen LogP contribution in [0.15, 0.2) is 0 Å². The molecular weight excluding hydrogens is 270 g/mol. The quantitative estimate of drug-likeness (QED) is 0.825. The number of carboxylic acid groups (broad SMARTS) is 1. The molecule has 0 aromatic carbocycles. The molecule has 21 heavy (non-hydrogen) atoms. The lowest BCUT2D eigenvalue weighted by atomic mass is 9.69. The highest BCUT2D eigenvalue weighted by molar-refractivity contribution is 5.79. The highest BCUT2D eigenvalue weighted by Gasteiger charge is 2.44. The van der Waals surface area contributed by atoms with Crippen molar-refractivity contribution in [3.05, 3.63) is 0 Å². The van der Waals surface area contributed by atoms with Gasteiger partial charge in [0.2, 0.25) is 0 Å². The normalized spacial score (nSPS) is 22.5. The van der Waals surface area contributed by atoms with Crippen molar-refractivity contribution in [2.24, 2.45) is 5.41 Å². The van der Waals surface area contributed by atoms with Gasteiger partial charge >= 0.3 is 12.0 Å².